The SMILES string of the molecule is Cc1ccc(NC(=O)[C@@H]2CCCN2)cc1C(=O)N[C@H](C)c1cccc2ccccc12. The average molecular weight is 402 g/mol. The molecule has 5 nitrogen and oxygen atoms in total. The lowest BCUT2D eigenvalue weighted by Gasteiger charge is -2.18. The first kappa shape index (κ1) is 20.1. The molecular weight excluding hydrogens is 374 g/mol. The molecule has 0 aromatic heterocycles. The summed E-state index contributed by atoms with van der Waals surface area (Å²) in [5, 5.41) is 11.5. The minimum absolute atomic E-state index is 0.0492. The summed E-state index contributed by atoms with van der Waals surface area (Å²) in [6.45, 7) is 4.76. The molecule has 5 heteroatoms. The monoisotopic (exact) mass is 401 g/mol. The van der Waals surface area contributed by atoms with Gasteiger partial charge in [0.05, 0.1) is 12.1 Å². The minimum atomic E-state index is -0.157. The topological polar surface area (TPSA) is 70.2 Å². The van der Waals surface area contributed by atoms with Gasteiger partial charge in [-0.3, -0.25) is 9.59 Å². The summed E-state index contributed by atoms with van der Waals surface area (Å²) < 4.78 is 0. The van der Waals surface area contributed by atoms with Crippen molar-refractivity contribution in [3.63, 3.8) is 0 Å². The molecule has 0 bridgehead atoms. The maximum atomic E-state index is 13.0. The van der Waals surface area contributed by atoms with Crippen molar-refractivity contribution in [2.75, 3.05) is 11.9 Å². The molecule has 3 aromatic carbocycles. The average Bonchev–Trinajstić information content (AvgIpc) is 3.29. The lowest BCUT2D eigenvalue weighted by molar-refractivity contribution is -0.117. The number of rotatable bonds is 5. The number of anilines is 1. The third kappa shape index (κ3) is 4.21. The van der Waals surface area contributed by atoms with E-state index in [4.69, 9.17) is 0 Å². The van der Waals surface area contributed by atoms with Gasteiger partial charge in [0.25, 0.3) is 5.91 Å². The molecule has 3 N–H and O–H groups in total. The van der Waals surface area contributed by atoms with Gasteiger partial charge in [0.2, 0.25) is 5.91 Å². The lowest BCUT2D eigenvalue weighted by Crippen LogP contribution is -2.35. The van der Waals surface area contributed by atoms with Gasteiger partial charge in [0.15, 0.2) is 0 Å². The summed E-state index contributed by atoms with van der Waals surface area (Å²) in [5.41, 5.74) is 3.16. The molecule has 154 valence electrons. The van der Waals surface area contributed by atoms with E-state index in [1.165, 1.54) is 0 Å². The number of nitrogens with one attached hydrogen (secondary N) is 3. The largest absolute Gasteiger partial charge is 0.345 e. The summed E-state index contributed by atoms with van der Waals surface area (Å²) in [6, 6.07) is 19.5. The Hall–Kier alpha value is -3.18. The maximum Gasteiger partial charge on any atom is 0.252 e. The van der Waals surface area contributed by atoms with Crippen molar-refractivity contribution in [2.45, 2.75) is 38.8 Å². The van der Waals surface area contributed by atoms with E-state index in [1.54, 1.807) is 6.07 Å². The third-order valence-electron chi connectivity index (χ3n) is 5.76. The molecule has 0 saturated carbocycles. The van der Waals surface area contributed by atoms with Gasteiger partial charge in [-0.15, -0.1) is 0 Å². The van der Waals surface area contributed by atoms with E-state index in [0.717, 1.165) is 41.3 Å². The molecule has 1 aliphatic heterocycles. The van der Waals surface area contributed by atoms with Crippen LogP contribution in [0.1, 0.15) is 47.3 Å². The number of benzene rings is 3. The van der Waals surface area contributed by atoms with Crippen LogP contribution in [0.4, 0.5) is 5.69 Å². The van der Waals surface area contributed by atoms with E-state index in [0.29, 0.717) is 11.3 Å². The van der Waals surface area contributed by atoms with Crippen LogP contribution in [-0.4, -0.2) is 24.4 Å². The van der Waals surface area contributed by atoms with Crippen LogP contribution in [0.5, 0.6) is 0 Å². The highest BCUT2D eigenvalue weighted by molar-refractivity contribution is 6.00. The van der Waals surface area contributed by atoms with Crippen LogP contribution in [-0.2, 0) is 4.79 Å². The van der Waals surface area contributed by atoms with Crippen molar-refractivity contribution in [1.82, 2.24) is 10.6 Å². The van der Waals surface area contributed by atoms with Crippen molar-refractivity contribution in [3.05, 3.63) is 77.4 Å². The number of amides is 2. The van der Waals surface area contributed by atoms with E-state index < -0.39 is 0 Å². The summed E-state index contributed by atoms with van der Waals surface area (Å²) in [4.78, 5) is 25.4. The molecule has 0 spiro atoms. The molecule has 3 aromatic rings. The molecule has 2 atom stereocenters. The molecule has 0 aliphatic carbocycles. The standard InChI is InChI=1S/C25H27N3O2/c1-16-12-13-19(28-25(30)23-11-6-14-26-23)15-22(16)24(29)27-17(2)20-10-5-8-18-7-3-4-9-21(18)20/h3-5,7-10,12-13,15,17,23,26H,6,11,14H2,1-2H3,(H,27,29)(H,28,30)/t17-,23+/m1/s1. The van der Waals surface area contributed by atoms with Gasteiger partial charge >= 0.3 is 0 Å². The van der Waals surface area contributed by atoms with Crippen LogP contribution in [0.3, 0.4) is 0 Å². The first-order chi connectivity index (χ1) is 14.5. The summed E-state index contributed by atoms with van der Waals surface area (Å²) in [6.07, 6.45) is 1.85. The highest BCUT2D eigenvalue weighted by atomic mass is 16.2. The number of carbonyl (C=O) groups excluding carboxylic acids is 2. The smallest absolute Gasteiger partial charge is 0.252 e. The van der Waals surface area contributed by atoms with E-state index in [-0.39, 0.29) is 23.9 Å². The zero-order chi connectivity index (χ0) is 21.1. The van der Waals surface area contributed by atoms with Crippen molar-refractivity contribution in [3.8, 4) is 0 Å². The van der Waals surface area contributed by atoms with Crippen LogP contribution in [0, 0.1) is 6.92 Å². The first-order valence-corrected chi connectivity index (χ1v) is 10.5. The first-order valence-electron chi connectivity index (χ1n) is 10.5. The Morgan fingerprint density at radius 1 is 1.07 bits per heavy atom. The lowest BCUT2D eigenvalue weighted by atomic mass is 9.99. The van der Waals surface area contributed by atoms with Gasteiger partial charge in [0, 0.05) is 11.3 Å². The molecule has 1 fully saturated rings. The Kier molecular flexibility index (Phi) is 5.81. The number of hydrogen-bond donors (Lipinski definition) is 3. The Morgan fingerprint density at radius 2 is 1.87 bits per heavy atom. The number of fused-ring (bicyclic) bond motifs is 1. The van der Waals surface area contributed by atoms with Gasteiger partial charge in [-0.1, -0.05) is 48.5 Å². The molecule has 4 rings (SSSR count). The van der Waals surface area contributed by atoms with Gasteiger partial charge in [0.1, 0.15) is 0 Å². The van der Waals surface area contributed by atoms with Crippen LogP contribution in [0.25, 0.3) is 10.8 Å². The van der Waals surface area contributed by atoms with E-state index >= 15 is 0 Å². The Labute approximate surface area is 176 Å². The van der Waals surface area contributed by atoms with Crippen LogP contribution in [0.15, 0.2) is 60.7 Å². The van der Waals surface area contributed by atoms with Crippen molar-refractivity contribution in [1.29, 1.82) is 0 Å². The second-order valence-electron chi connectivity index (χ2n) is 7.93. The zero-order valence-electron chi connectivity index (χ0n) is 17.4. The molecule has 0 radical (unpaired) electrons. The Morgan fingerprint density at radius 3 is 2.67 bits per heavy atom. The van der Waals surface area contributed by atoms with Gasteiger partial charge < -0.3 is 16.0 Å². The Balaban J connectivity index is 1.51. The second-order valence-corrected chi connectivity index (χ2v) is 7.93. The fraction of sp³-hybridized carbons (Fsp3) is 0.280. The molecule has 1 aliphatic rings. The van der Waals surface area contributed by atoms with Crippen LogP contribution >= 0.6 is 0 Å². The number of aryl methyl sites for hydroxylation is 1. The van der Waals surface area contributed by atoms with Gasteiger partial charge in [-0.05, 0) is 67.3 Å². The maximum absolute atomic E-state index is 13.0. The zero-order valence-corrected chi connectivity index (χ0v) is 17.4. The molecule has 1 heterocycles. The van der Waals surface area contributed by atoms with E-state index in [2.05, 4.69) is 34.1 Å². The van der Waals surface area contributed by atoms with Crippen molar-refractivity contribution in [2.24, 2.45) is 0 Å². The van der Waals surface area contributed by atoms with Crippen molar-refractivity contribution >= 4 is 28.3 Å². The summed E-state index contributed by atoms with van der Waals surface area (Å²) in [7, 11) is 0. The Bertz CT molecular complexity index is 1080. The van der Waals surface area contributed by atoms with Crippen LogP contribution < -0.4 is 16.0 Å². The number of carbonyl (C=O) groups is 2. The molecule has 0 unspecified atom stereocenters. The van der Waals surface area contributed by atoms with Gasteiger partial charge in [-0.25, -0.2) is 0 Å². The summed E-state index contributed by atoms with van der Waals surface area (Å²) in [5.74, 6) is -0.199. The quantitative estimate of drug-likeness (QED) is 0.596. The highest BCUT2D eigenvalue weighted by Crippen LogP contribution is 2.25. The van der Waals surface area contributed by atoms with E-state index in [1.807, 2.05) is 50.2 Å². The molecule has 30 heavy (non-hydrogen) atoms. The fourth-order valence-electron chi connectivity index (χ4n) is 4.06. The highest BCUT2D eigenvalue weighted by Gasteiger charge is 2.22. The molecular formula is C25H27N3O2. The predicted molar refractivity (Wildman–Crippen MR) is 121 cm³/mol. The fourth-order valence-corrected chi connectivity index (χ4v) is 4.06. The second kappa shape index (κ2) is 8.67. The normalized spacial score (nSPS) is 16.9. The number of hydrogen-bond acceptors (Lipinski definition) is 3. The van der Waals surface area contributed by atoms with Crippen LogP contribution in [0.2, 0.25) is 0 Å². The predicted octanol–water partition coefficient (Wildman–Crippen LogP) is 4.33. The summed E-state index contributed by atoms with van der Waals surface area (Å²) >= 11 is 0. The molecule has 2 amide bonds. The van der Waals surface area contributed by atoms with Gasteiger partial charge in [-0.2, -0.15) is 0 Å². The molecule has 1 saturated heterocycles. The third-order valence-corrected chi connectivity index (χ3v) is 5.76. The van der Waals surface area contributed by atoms with E-state index in [9.17, 15) is 9.59 Å². The minimum Gasteiger partial charge on any atom is -0.345 e. The van der Waals surface area contributed by atoms with Crippen molar-refractivity contribution < 1.29 is 9.59 Å².